The normalized spacial score (nSPS) is 6.67. The van der Waals surface area contributed by atoms with Crippen molar-refractivity contribution >= 4 is 0 Å². The molecule has 9 heavy (non-hydrogen) atoms. The van der Waals surface area contributed by atoms with E-state index < -0.39 is 6.16 Å². The fourth-order valence-corrected chi connectivity index (χ4v) is 0. The molecule has 59 valence electrons. The van der Waals surface area contributed by atoms with E-state index >= 15 is 0 Å². The van der Waals surface area contributed by atoms with Crippen LogP contribution in [0.2, 0.25) is 0 Å². The van der Waals surface area contributed by atoms with Gasteiger partial charge >= 0.3 is 6.16 Å². The molecule has 8 heteroatoms. The van der Waals surface area contributed by atoms with E-state index in [1.807, 2.05) is 0 Å². The Balaban J connectivity index is -0.0000000133. The van der Waals surface area contributed by atoms with Gasteiger partial charge < -0.3 is 36.9 Å². The molecule has 0 spiro atoms. The van der Waals surface area contributed by atoms with Gasteiger partial charge in [-0.25, -0.2) is 0 Å². The van der Waals surface area contributed by atoms with Crippen LogP contribution in [-0.4, -0.2) is 43.0 Å². The monoisotopic (exact) mass is 273 g/mol. The fraction of sp³-hybridized carbons (Fsp3) is 1.00. The maximum atomic E-state index is 7.19. The Bertz CT molecular complexity index is 24.4. The Labute approximate surface area is 78.5 Å². The number of hydrogen-bond acceptors (Lipinski definition) is 4. The zero-order chi connectivity index (χ0) is 4.50. The van der Waals surface area contributed by atoms with Gasteiger partial charge in [0.25, 0.3) is 0 Å². The molecule has 0 aliphatic rings. The SMILES string of the molecule is O.O.O.OC(O)(O)O.[La]. The van der Waals surface area contributed by atoms with Gasteiger partial charge in [-0.3, -0.25) is 0 Å². The van der Waals surface area contributed by atoms with Crippen molar-refractivity contribution in [1.82, 2.24) is 0 Å². The Morgan fingerprint density at radius 1 is 0.667 bits per heavy atom. The molecule has 10 N–H and O–H groups in total. The molecule has 0 fully saturated rings. The van der Waals surface area contributed by atoms with E-state index in [-0.39, 0.29) is 52.0 Å². The third-order valence-corrected chi connectivity index (χ3v) is 0. The maximum absolute atomic E-state index is 7.19. The topological polar surface area (TPSA) is 175 Å². The minimum atomic E-state index is -3.50. The van der Waals surface area contributed by atoms with Crippen molar-refractivity contribution in [1.29, 1.82) is 0 Å². The molecule has 0 bridgehead atoms. The zero-order valence-electron chi connectivity index (χ0n) is 4.37. The van der Waals surface area contributed by atoms with Crippen molar-refractivity contribution < 1.29 is 72.5 Å². The predicted molar refractivity (Wildman–Crippen MR) is 22.4 cm³/mol. The van der Waals surface area contributed by atoms with E-state index in [0.717, 1.165) is 0 Å². The molecule has 0 unspecified atom stereocenters. The summed E-state index contributed by atoms with van der Waals surface area (Å²) in [5.41, 5.74) is 0. The Morgan fingerprint density at radius 2 is 0.667 bits per heavy atom. The van der Waals surface area contributed by atoms with Gasteiger partial charge in [-0.1, -0.05) is 0 Å². The van der Waals surface area contributed by atoms with Crippen molar-refractivity contribution in [2.24, 2.45) is 0 Å². The third kappa shape index (κ3) is 509. The molecule has 0 rings (SSSR count). The van der Waals surface area contributed by atoms with E-state index in [0.29, 0.717) is 0 Å². The van der Waals surface area contributed by atoms with Crippen LogP contribution in [0.25, 0.3) is 0 Å². The van der Waals surface area contributed by atoms with Crippen LogP contribution in [0.1, 0.15) is 0 Å². The molecule has 0 saturated carbocycles. The van der Waals surface area contributed by atoms with Crippen LogP contribution in [0.15, 0.2) is 0 Å². The molecule has 7 nitrogen and oxygen atoms in total. The predicted octanol–water partition coefficient (Wildman–Crippen LogP) is -4.91. The summed E-state index contributed by atoms with van der Waals surface area (Å²) in [6.45, 7) is 0. The molecule has 0 aromatic rings. The van der Waals surface area contributed by atoms with Crippen LogP contribution in [0.4, 0.5) is 0 Å². The molecule has 1 radical (unpaired) electrons. The maximum Gasteiger partial charge on any atom is 0.402 e. The first-order valence-electron chi connectivity index (χ1n) is 0.894. The quantitative estimate of drug-likeness (QED) is 0.323. The summed E-state index contributed by atoms with van der Waals surface area (Å²) in [5, 5.41) is 28.8. The standard InChI is InChI=1S/CH4O4.La.3H2O/c2-1(3,4)5;;;;/h2-5H;;3*1H2. The van der Waals surface area contributed by atoms with Gasteiger partial charge in [-0.05, 0) is 0 Å². The van der Waals surface area contributed by atoms with Crippen LogP contribution < -0.4 is 0 Å². The largest absolute Gasteiger partial charge is 0.412 e. The van der Waals surface area contributed by atoms with Crippen LogP contribution in [-0.2, 0) is 0 Å². The van der Waals surface area contributed by atoms with Crippen molar-refractivity contribution in [2.45, 2.75) is 6.16 Å². The summed E-state index contributed by atoms with van der Waals surface area (Å²) in [7, 11) is 0. The van der Waals surface area contributed by atoms with Crippen LogP contribution in [0.5, 0.6) is 0 Å². The van der Waals surface area contributed by atoms with E-state index in [1.165, 1.54) is 0 Å². The molecule has 0 aliphatic heterocycles. The number of aliphatic hydroxyl groups is 4. The molecule has 0 atom stereocenters. The fourth-order valence-electron chi connectivity index (χ4n) is 0. The Hall–Kier alpha value is 0.915. The minimum Gasteiger partial charge on any atom is -0.412 e. The van der Waals surface area contributed by atoms with Gasteiger partial charge in [-0.15, -0.1) is 0 Å². The second-order valence-corrected chi connectivity index (χ2v) is 0.600. The zero-order valence-corrected chi connectivity index (χ0v) is 7.99. The van der Waals surface area contributed by atoms with Gasteiger partial charge in [0.15, 0.2) is 0 Å². The summed E-state index contributed by atoms with van der Waals surface area (Å²) in [5.74, 6) is 0. The van der Waals surface area contributed by atoms with Crippen molar-refractivity contribution in [3.8, 4) is 0 Å². The van der Waals surface area contributed by atoms with E-state index in [9.17, 15) is 0 Å². The minimum absolute atomic E-state index is 0. The van der Waals surface area contributed by atoms with E-state index in [2.05, 4.69) is 0 Å². The van der Waals surface area contributed by atoms with Crippen LogP contribution in [0, 0.1) is 35.6 Å². The van der Waals surface area contributed by atoms with Gasteiger partial charge in [0.1, 0.15) is 0 Å². The molecule has 0 aliphatic carbocycles. The van der Waals surface area contributed by atoms with Gasteiger partial charge in [-0.2, -0.15) is 0 Å². The average Bonchev–Trinajstić information content (AvgIpc) is 0.722. The second kappa shape index (κ2) is 11.7. The molecule has 0 heterocycles. The molecule has 0 aromatic heterocycles. The Morgan fingerprint density at radius 3 is 0.667 bits per heavy atom. The third-order valence-electron chi connectivity index (χ3n) is 0. The second-order valence-electron chi connectivity index (χ2n) is 0.600. The van der Waals surface area contributed by atoms with Gasteiger partial charge in [0, 0.05) is 35.6 Å². The van der Waals surface area contributed by atoms with Crippen LogP contribution >= 0.6 is 0 Å². The van der Waals surface area contributed by atoms with Crippen LogP contribution in [0.3, 0.4) is 0 Å². The van der Waals surface area contributed by atoms with E-state index in [1.54, 1.807) is 0 Å². The summed E-state index contributed by atoms with van der Waals surface area (Å²) >= 11 is 0. The average molecular weight is 273 g/mol. The first kappa shape index (κ1) is 32.6. The summed E-state index contributed by atoms with van der Waals surface area (Å²) in [6, 6.07) is 0. The smallest absolute Gasteiger partial charge is 0.402 e. The summed E-state index contributed by atoms with van der Waals surface area (Å²) in [6.07, 6.45) is -3.50. The molecule has 0 aromatic carbocycles. The van der Waals surface area contributed by atoms with Crippen molar-refractivity contribution in [3.05, 3.63) is 0 Å². The molecular weight excluding hydrogens is 263 g/mol. The number of hydrogen-bond donors (Lipinski definition) is 4. The Kier molecular flexibility index (Phi) is 42.3. The molecule has 0 amide bonds. The molecule has 0 saturated heterocycles. The van der Waals surface area contributed by atoms with Gasteiger partial charge in [0.05, 0.1) is 0 Å². The number of rotatable bonds is 0. The van der Waals surface area contributed by atoms with E-state index in [4.69, 9.17) is 20.4 Å². The molecular formula is CH10LaO7. The summed E-state index contributed by atoms with van der Waals surface area (Å²) < 4.78 is 0. The van der Waals surface area contributed by atoms with Crippen molar-refractivity contribution in [3.63, 3.8) is 0 Å². The van der Waals surface area contributed by atoms with Gasteiger partial charge in [0.2, 0.25) is 0 Å². The first-order valence-corrected chi connectivity index (χ1v) is 0.894. The first-order chi connectivity index (χ1) is 2.00. The summed E-state index contributed by atoms with van der Waals surface area (Å²) in [4.78, 5) is 0. The van der Waals surface area contributed by atoms with Crippen molar-refractivity contribution in [2.75, 3.05) is 0 Å².